The Morgan fingerprint density at radius 2 is 1.72 bits per heavy atom. The number of nitrogens with zero attached hydrogens (tertiary/aromatic N) is 4. The smallest absolute Gasteiger partial charge is 0.243 e. The average molecular weight is 417 g/mol. The van der Waals surface area contributed by atoms with Crippen LogP contribution < -0.4 is 0 Å². The Hall–Kier alpha value is -1.70. The van der Waals surface area contributed by atoms with E-state index in [1.165, 1.54) is 17.5 Å². The van der Waals surface area contributed by atoms with Gasteiger partial charge in [-0.15, -0.1) is 0 Å². The topological polar surface area (TPSA) is 58.4 Å². The van der Waals surface area contributed by atoms with Gasteiger partial charge >= 0.3 is 0 Å². The molecule has 0 bridgehead atoms. The van der Waals surface area contributed by atoms with Gasteiger partial charge in [-0.25, -0.2) is 13.4 Å². The van der Waals surface area contributed by atoms with Crippen LogP contribution in [-0.2, 0) is 29.4 Å². The molecule has 1 aromatic carbocycles. The van der Waals surface area contributed by atoms with Crippen molar-refractivity contribution in [3.05, 3.63) is 47.5 Å². The lowest BCUT2D eigenvalue weighted by atomic mass is 9.92. The molecular weight excluding hydrogens is 384 g/mol. The Balaban J connectivity index is 1.35. The summed E-state index contributed by atoms with van der Waals surface area (Å²) < 4.78 is 30.1. The molecule has 2 aromatic rings. The first kappa shape index (κ1) is 20.6. The van der Waals surface area contributed by atoms with Gasteiger partial charge in [0.25, 0.3) is 0 Å². The maximum absolute atomic E-state index is 13.1. The highest BCUT2D eigenvalue weighted by atomic mass is 32.2. The van der Waals surface area contributed by atoms with E-state index in [9.17, 15) is 8.42 Å². The second-order valence-electron chi connectivity index (χ2n) is 8.52. The van der Waals surface area contributed by atoms with Crippen LogP contribution in [0.25, 0.3) is 0 Å². The fourth-order valence-electron chi connectivity index (χ4n) is 4.47. The molecule has 1 fully saturated rings. The van der Waals surface area contributed by atoms with E-state index in [2.05, 4.69) is 28.3 Å². The fourth-order valence-corrected chi connectivity index (χ4v) is 5.95. The molecule has 0 saturated carbocycles. The van der Waals surface area contributed by atoms with Gasteiger partial charge in [-0.3, -0.25) is 4.90 Å². The van der Waals surface area contributed by atoms with Gasteiger partial charge in [0.1, 0.15) is 5.82 Å². The quantitative estimate of drug-likeness (QED) is 0.727. The summed E-state index contributed by atoms with van der Waals surface area (Å²) in [5.74, 6) is 1.52. The summed E-state index contributed by atoms with van der Waals surface area (Å²) in [7, 11) is -3.40. The Bertz CT molecular complexity index is 943. The zero-order valence-corrected chi connectivity index (χ0v) is 18.4. The molecule has 1 aliphatic heterocycles. The van der Waals surface area contributed by atoms with Crippen molar-refractivity contribution in [2.24, 2.45) is 0 Å². The summed E-state index contributed by atoms with van der Waals surface area (Å²) in [6, 6.07) is 5.75. The molecule has 158 valence electrons. The lowest BCUT2D eigenvalue weighted by molar-refractivity contribution is 0.182. The molecule has 0 atom stereocenters. The molecule has 2 heterocycles. The van der Waals surface area contributed by atoms with Crippen molar-refractivity contribution in [1.29, 1.82) is 0 Å². The standard InChI is InChI=1S/C22H32N4O2S/c1-18(2)22-23-9-10-25(22)14-11-24-12-15-26(16-13-24)29(27,28)21-8-7-19-5-3-4-6-20(19)17-21/h7-10,17-18H,3-6,11-16H2,1-2H3. The van der Waals surface area contributed by atoms with E-state index in [1.807, 2.05) is 24.5 Å². The van der Waals surface area contributed by atoms with Gasteiger partial charge in [0.15, 0.2) is 0 Å². The van der Waals surface area contributed by atoms with Crippen molar-refractivity contribution < 1.29 is 8.42 Å². The molecule has 29 heavy (non-hydrogen) atoms. The summed E-state index contributed by atoms with van der Waals surface area (Å²) >= 11 is 0. The van der Waals surface area contributed by atoms with E-state index < -0.39 is 10.0 Å². The van der Waals surface area contributed by atoms with Crippen LogP contribution in [0.2, 0.25) is 0 Å². The van der Waals surface area contributed by atoms with Crippen LogP contribution in [0.1, 0.15) is 49.6 Å². The highest BCUT2D eigenvalue weighted by Gasteiger charge is 2.29. The first-order valence-corrected chi connectivity index (χ1v) is 12.2. The van der Waals surface area contributed by atoms with Crippen molar-refractivity contribution in [2.75, 3.05) is 32.7 Å². The highest BCUT2D eigenvalue weighted by molar-refractivity contribution is 7.89. The Morgan fingerprint density at radius 1 is 1.00 bits per heavy atom. The van der Waals surface area contributed by atoms with Crippen molar-refractivity contribution in [1.82, 2.24) is 18.8 Å². The van der Waals surface area contributed by atoms with Crippen LogP contribution in [0, 0.1) is 0 Å². The lowest BCUT2D eigenvalue weighted by Gasteiger charge is -2.34. The molecule has 0 amide bonds. The Morgan fingerprint density at radius 3 is 2.45 bits per heavy atom. The predicted molar refractivity (Wildman–Crippen MR) is 115 cm³/mol. The van der Waals surface area contributed by atoms with Crippen LogP contribution in [-0.4, -0.2) is 59.9 Å². The van der Waals surface area contributed by atoms with Gasteiger partial charge in [-0.2, -0.15) is 4.31 Å². The number of rotatable bonds is 6. The third-order valence-electron chi connectivity index (χ3n) is 6.21. The van der Waals surface area contributed by atoms with E-state index in [0.717, 1.165) is 51.3 Å². The molecule has 7 heteroatoms. The summed E-state index contributed by atoms with van der Waals surface area (Å²) in [5, 5.41) is 0. The van der Waals surface area contributed by atoms with Gasteiger partial charge in [0.05, 0.1) is 4.90 Å². The predicted octanol–water partition coefficient (Wildman–Crippen LogP) is 2.89. The summed E-state index contributed by atoms with van der Waals surface area (Å²) in [4.78, 5) is 7.26. The number of aromatic nitrogens is 2. The second-order valence-corrected chi connectivity index (χ2v) is 10.5. The minimum atomic E-state index is -3.40. The van der Waals surface area contributed by atoms with Crippen molar-refractivity contribution in [2.45, 2.75) is 56.9 Å². The Kier molecular flexibility index (Phi) is 6.08. The van der Waals surface area contributed by atoms with E-state index in [1.54, 1.807) is 10.4 Å². The number of fused-ring (bicyclic) bond motifs is 1. The number of imidazole rings is 1. The van der Waals surface area contributed by atoms with Crippen molar-refractivity contribution >= 4 is 10.0 Å². The van der Waals surface area contributed by atoms with Crippen LogP contribution >= 0.6 is 0 Å². The second kappa shape index (κ2) is 8.58. The maximum atomic E-state index is 13.1. The molecule has 2 aliphatic rings. The third kappa shape index (κ3) is 4.42. The minimum absolute atomic E-state index is 0.406. The van der Waals surface area contributed by atoms with E-state index in [-0.39, 0.29) is 0 Å². The van der Waals surface area contributed by atoms with Crippen LogP contribution in [0.4, 0.5) is 0 Å². The molecule has 0 N–H and O–H groups in total. The molecular formula is C22H32N4O2S. The summed E-state index contributed by atoms with van der Waals surface area (Å²) in [6.45, 7) is 8.78. The molecule has 4 rings (SSSR count). The molecule has 0 spiro atoms. The summed E-state index contributed by atoms with van der Waals surface area (Å²) in [5.41, 5.74) is 2.54. The van der Waals surface area contributed by atoms with E-state index >= 15 is 0 Å². The van der Waals surface area contributed by atoms with Crippen LogP contribution in [0.15, 0.2) is 35.5 Å². The summed E-state index contributed by atoms with van der Waals surface area (Å²) in [6.07, 6.45) is 8.33. The van der Waals surface area contributed by atoms with Gasteiger partial charge in [-0.1, -0.05) is 19.9 Å². The number of aryl methyl sites for hydroxylation is 2. The zero-order chi connectivity index (χ0) is 20.4. The molecule has 1 saturated heterocycles. The first-order chi connectivity index (χ1) is 13.9. The zero-order valence-electron chi connectivity index (χ0n) is 17.5. The third-order valence-corrected chi connectivity index (χ3v) is 8.10. The van der Waals surface area contributed by atoms with Crippen molar-refractivity contribution in [3.63, 3.8) is 0 Å². The monoisotopic (exact) mass is 416 g/mol. The molecule has 1 aromatic heterocycles. The Labute approximate surface area is 174 Å². The number of sulfonamides is 1. The first-order valence-electron chi connectivity index (χ1n) is 10.8. The lowest BCUT2D eigenvalue weighted by Crippen LogP contribution is -2.49. The number of benzene rings is 1. The fraction of sp³-hybridized carbons (Fsp3) is 0.591. The highest BCUT2D eigenvalue weighted by Crippen LogP contribution is 2.26. The minimum Gasteiger partial charge on any atom is -0.333 e. The number of hydrogen-bond donors (Lipinski definition) is 0. The average Bonchev–Trinajstić information content (AvgIpc) is 3.21. The number of piperazine rings is 1. The largest absolute Gasteiger partial charge is 0.333 e. The van der Waals surface area contributed by atoms with Gasteiger partial charge < -0.3 is 4.57 Å². The van der Waals surface area contributed by atoms with Gasteiger partial charge in [-0.05, 0) is 48.9 Å². The van der Waals surface area contributed by atoms with E-state index in [4.69, 9.17) is 0 Å². The van der Waals surface area contributed by atoms with Crippen molar-refractivity contribution in [3.8, 4) is 0 Å². The SMILES string of the molecule is CC(C)c1nccn1CCN1CCN(S(=O)(=O)c2ccc3c(c2)CCCC3)CC1. The normalized spacial score (nSPS) is 18.9. The van der Waals surface area contributed by atoms with E-state index in [0.29, 0.717) is 23.9 Å². The maximum Gasteiger partial charge on any atom is 0.243 e. The van der Waals surface area contributed by atoms with Crippen LogP contribution in [0.3, 0.4) is 0 Å². The molecule has 0 unspecified atom stereocenters. The molecule has 6 nitrogen and oxygen atoms in total. The number of hydrogen-bond acceptors (Lipinski definition) is 4. The van der Waals surface area contributed by atoms with Gasteiger partial charge in [0, 0.05) is 57.6 Å². The van der Waals surface area contributed by atoms with Crippen LogP contribution in [0.5, 0.6) is 0 Å². The molecule has 1 aliphatic carbocycles. The molecule has 0 radical (unpaired) electrons. The van der Waals surface area contributed by atoms with Gasteiger partial charge in [0.2, 0.25) is 10.0 Å².